The molecule has 0 unspecified atom stereocenters. The van der Waals surface area contributed by atoms with Crippen molar-refractivity contribution >= 4 is 5.91 Å². The summed E-state index contributed by atoms with van der Waals surface area (Å²) < 4.78 is 0. The molecule has 1 N–H and O–H groups in total. The molecular formula is C14H15NO. The van der Waals surface area contributed by atoms with Gasteiger partial charge in [0.25, 0.3) is 0 Å². The van der Waals surface area contributed by atoms with Gasteiger partial charge in [0.1, 0.15) is 0 Å². The second-order valence-electron chi connectivity index (χ2n) is 4.27. The van der Waals surface area contributed by atoms with Gasteiger partial charge in [0.05, 0.1) is 6.04 Å². The predicted octanol–water partition coefficient (Wildman–Crippen LogP) is 2.26. The van der Waals surface area contributed by atoms with Crippen LogP contribution < -0.4 is 5.32 Å². The highest BCUT2D eigenvalue weighted by molar-refractivity contribution is 5.81. The van der Waals surface area contributed by atoms with Crippen molar-refractivity contribution in [2.75, 3.05) is 0 Å². The Hall–Kier alpha value is -1.75. The minimum atomic E-state index is 0.0555. The van der Waals surface area contributed by atoms with Crippen molar-refractivity contribution in [3.63, 3.8) is 0 Å². The van der Waals surface area contributed by atoms with Crippen LogP contribution in [0.4, 0.5) is 0 Å². The molecule has 1 aromatic carbocycles. The first-order valence-electron chi connectivity index (χ1n) is 5.57. The van der Waals surface area contributed by atoms with E-state index in [-0.39, 0.29) is 17.9 Å². The summed E-state index contributed by atoms with van der Waals surface area (Å²) in [6.07, 6.45) is 7.36. The SMILES string of the molecule is C#Cc1ccc([C@H](C)NC(=O)C2CC2)cc1. The first-order chi connectivity index (χ1) is 7.70. The molecule has 1 amide bonds. The van der Waals surface area contributed by atoms with Crippen molar-refractivity contribution in [3.8, 4) is 12.3 Å². The zero-order valence-corrected chi connectivity index (χ0v) is 9.36. The molecule has 1 aliphatic rings. The smallest absolute Gasteiger partial charge is 0.223 e. The van der Waals surface area contributed by atoms with Crippen LogP contribution in [-0.4, -0.2) is 5.91 Å². The Labute approximate surface area is 96.1 Å². The molecule has 1 aromatic rings. The molecule has 1 fully saturated rings. The Morgan fingerprint density at radius 1 is 1.44 bits per heavy atom. The van der Waals surface area contributed by atoms with Crippen LogP contribution in [0.5, 0.6) is 0 Å². The summed E-state index contributed by atoms with van der Waals surface area (Å²) >= 11 is 0. The molecule has 2 heteroatoms. The molecule has 16 heavy (non-hydrogen) atoms. The number of carbonyl (C=O) groups is 1. The molecule has 0 aromatic heterocycles. The minimum Gasteiger partial charge on any atom is -0.349 e. The van der Waals surface area contributed by atoms with E-state index in [0.717, 1.165) is 24.0 Å². The van der Waals surface area contributed by atoms with Gasteiger partial charge in [0.2, 0.25) is 5.91 Å². The van der Waals surface area contributed by atoms with Crippen molar-refractivity contribution in [2.45, 2.75) is 25.8 Å². The monoisotopic (exact) mass is 213 g/mol. The number of benzene rings is 1. The summed E-state index contributed by atoms with van der Waals surface area (Å²) in [5.74, 6) is 3.01. The Bertz CT molecular complexity index is 423. The van der Waals surface area contributed by atoms with Crippen LogP contribution >= 0.6 is 0 Å². The highest BCUT2D eigenvalue weighted by atomic mass is 16.2. The third-order valence-electron chi connectivity index (χ3n) is 2.88. The topological polar surface area (TPSA) is 29.1 Å². The lowest BCUT2D eigenvalue weighted by atomic mass is 10.1. The van der Waals surface area contributed by atoms with E-state index in [0.29, 0.717) is 0 Å². The van der Waals surface area contributed by atoms with Crippen molar-refractivity contribution < 1.29 is 4.79 Å². The quantitative estimate of drug-likeness (QED) is 0.767. The maximum Gasteiger partial charge on any atom is 0.223 e. The van der Waals surface area contributed by atoms with E-state index in [9.17, 15) is 4.79 Å². The summed E-state index contributed by atoms with van der Waals surface area (Å²) in [6.45, 7) is 1.99. The van der Waals surface area contributed by atoms with Crippen molar-refractivity contribution in [2.24, 2.45) is 5.92 Å². The number of rotatable bonds is 3. The largest absolute Gasteiger partial charge is 0.349 e. The summed E-state index contributed by atoms with van der Waals surface area (Å²) in [6, 6.07) is 7.78. The molecular weight excluding hydrogens is 198 g/mol. The van der Waals surface area contributed by atoms with Gasteiger partial charge in [0, 0.05) is 11.5 Å². The molecule has 0 heterocycles. The van der Waals surface area contributed by atoms with Crippen molar-refractivity contribution in [1.29, 1.82) is 0 Å². The second kappa shape index (κ2) is 4.40. The fourth-order valence-electron chi connectivity index (χ4n) is 1.63. The summed E-state index contributed by atoms with van der Waals surface area (Å²) in [7, 11) is 0. The minimum absolute atomic E-state index is 0.0555. The van der Waals surface area contributed by atoms with E-state index in [1.807, 2.05) is 31.2 Å². The molecule has 0 saturated heterocycles. The molecule has 2 nitrogen and oxygen atoms in total. The third-order valence-corrected chi connectivity index (χ3v) is 2.88. The van der Waals surface area contributed by atoms with E-state index in [1.54, 1.807) is 0 Å². The van der Waals surface area contributed by atoms with Gasteiger partial charge in [-0.1, -0.05) is 18.1 Å². The third kappa shape index (κ3) is 2.43. The fourth-order valence-corrected chi connectivity index (χ4v) is 1.63. The molecule has 1 atom stereocenters. The maximum atomic E-state index is 11.6. The Balaban J connectivity index is 1.99. The van der Waals surface area contributed by atoms with E-state index >= 15 is 0 Å². The molecule has 2 rings (SSSR count). The van der Waals surface area contributed by atoms with Crippen LogP contribution in [-0.2, 0) is 4.79 Å². The molecule has 0 radical (unpaired) electrons. The van der Waals surface area contributed by atoms with E-state index < -0.39 is 0 Å². The number of amides is 1. The summed E-state index contributed by atoms with van der Waals surface area (Å²) in [5.41, 5.74) is 1.96. The zero-order valence-electron chi connectivity index (χ0n) is 9.36. The lowest BCUT2D eigenvalue weighted by molar-refractivity contribution is -0.122. The number of hydrogen-bond donors (Lipinski definition) is 1. The number of nitrogens with one attached hydrogen (secondary N) is 1. The van der Waals surface area contributed by atoms with Crippen LogP contribution in [0.15, 0.2) is 24.3 Å². The molecule has 0 spiro atoms. The van der Waals surface area contributed by atoms with Crippen LogP contribution in [0.1, 0.15) is 36.9 Å². The van der Waals surface area contributed by atoms with Gasteiger partial charge in [-0.3, -0.25) is 4.79 Å². The highest BCUT2D eigenvalue weighted by Gasteiger charge is 2.30. The van der Waals surface area contributed by atoms with E-state index in [2.05, 4.69) is 11.2 Å². The zero-order chi connectivity index (χ0) is 11.5. The first kappa shape index (κ1) is 10.8. The van der Waals surface area contributed by atoms with Crippen LogP contribution in [0.25, 0.3) is 0 Å². The van der Waals surface area contributed by atoms with Crippen LogP contribution in [0, 0.1) is 18.3 Å². The van der Waals surface area contributed by atoms with Crippen LogP contribution in [0.2, 0.25) is 0 Å². The molecule has 1 saturated carbocycles. The van der Waals surface area contributed by atoms with Gasteiger partial charge in [-0.25, -0.2) is 0 Å². The highest BCUT2D eigenvalue weighted by Crippen LogP contribution is 2.29. The molecule has 1 aliphatic carbocycles. The standard InChI is InChI=1S/C14H15NO/c1-3-11-4-6-12(7-5-11)10(2)15-14(16)13-8-9-13/h1,4-7,10,13H,8-9H2,2H3,(H,15,16)/t10-/m0/s1. The molecule has 82 valence electrons. The normalized spacial score (nSPS) is 16.2. The maximum absolute atomic E-state index is 11.6. The molecule has 0 aliphatic heterocycles. The van der Waals surface area contributed by atoms with Crippen LogP contribution in [0.3, 0.4) is 0 Å². The number of hydrogen-bond acceptors (Lipinski definition) is 1. The number of carbonyl (C=O) groups excluding carboxylic acids is 1. The average Bonchev–Trinajstić information content (AvgIpc) is 3.13. The van der Waals surface area contributed by atoms with Gasteiger partial charge in [-0.15, -0.1) is 6.42 Å². The Morgan fingerprint density at radius 3 is 2.56 bits per heavy atom. The van der Waals surface area contributed by atoms with Gasteiger partial charge in [0.15, 0.2) is 0 Å². The predicted molar refractivity (Wildman–Crippen MR) is 63.7 cm³/mol. The fraction of sp³-hybridized carbons (Fsp3) is 0.357. The lowest BCUT2D eigenvalue weighted by Gasteiger charge is -2.14. The number of terminal acetylenes is 1. The van der Waals surface area contributed by atoms with Gasteiger partial charge in [-0.2, -0.15) is 0 Å². The lowest BCUT2D eigenvalue weighted by Crippen LogP contribution is -2.27. The Morgan fingerprint density at radius 2 is 2.06 bits per heavy atom. The summed E-state index contributed by atoms with van der Waals surface area (Å²) in [5, 5.41) is 3.00. The second-order valence-corrected chi connectivity index (χ2v) is 4.27. The van der Waals surface area contributed by atoms with Gasteiger partial charge >= 0.3 is 0 Å². The van der Waals surface area contributed by atoms with Gasteiger partial charge in [-0.05, 0) is 37.5 Å². The molecule has 0 bridgehead atoms. The van der Waals surface area contributed by atoms with Crippen molar-refractivity contribution in [3.05, 3.63) is 35.4 Å². The van der Waals surface area contributed by atoms with Crippen molar-refractivity contribution in [1.82, 2.24) is 5.32 Å². The van der Waals surface area contributed by atoms with Gasteiger partial charge < -0.3 is 5.32 Å². The van der Waals surface area contributed by atoms with E-state index in [1.165, 1.54) is 0 Å². The summed E-state index contributed by atoms with van der Waals surface area (Å²) in [4.78, 5) is 11.6. The average molecular weight is 213 g/mol. The van der Waals surface area contributed by atoms with E-state index in [4.69, 9.17) is 6.42 Å². The Kier molecular flexibility index (Phi) is 2.96. The first-order valence-corrected chi connectivity index (χ1v) is 5.57.